The minimum absolute atomic E-state index is 0. The van der Waals surface area contributed by atoms with Gasteiger partial charge in [0.2, 0.25) is 0 Å². The molecular weight excluding hydrogens is 436 g/mol. The first kappa shape index (κ1) is 22.0. The fraction of sp³-hybridized carbons (Fsp3) is 0.611. The van der Waals surface area contributed by atoms with Crippen molar-refractivity contribution >= 4 is 29.9 Å². The van der Waals surface area contributed by atoms with Crippen molar-refractivity contribution in [1.82, 2.24) is 10.6 Å². The smallest absolute Gasteiger partial charge is 0.191 e. The van der Waals surface area contributed by atoms with Crippen molar-refractivity contribution < 1.29 is 14.2 Å². The number of nitrogens with zero attached hydrogens (tertiary/aromatic N) is 1. The van der Waals surface area contributed by atoms with E-state index in [1.54, 1.807) is 12.1 Å². The first-order chi connectivity index (χ1) is 11.6. The van der Waals surface area contributed by atoms with Crippen LogP contribution in [0, 0.1) is 5.82 Å². The number of ether oxygens (including phenoxy) is 1. The molecule has 0 saturated heterocycles. The van der Waals surface area contributed by atoms with Gasteiger partial charge in [0.25, 0.3) is 0 Å². The van der Waals surface area contributed by atoms with E-state index in [1.807, 2.05) is 13.8 Å². The van der Waals surface area contributed by atoms with Crippen LogP contribution in [-0.2, 0) is 0 Å². The van der Waals surface area contributed by atoms with Gasteiger partial charge in [0, 0.05) is 12.6 Å². The molecule has 1 unspecified atom stereocenters. The number of hydrogen-bond donors (Lipinski definition) is 3. The van der Waals surface area contributed by atoms with Gasteiger partial charge in [-0.3, -0.25) is 0 Å². The van der Waals surface area contributed by atoms with Crippen LogP contribution < -0.4 is 15.4 Å². The lowest BCUT2D eigenvalue weighted by molar-refractivity contribution is 0.120. The number of aliphatic hydroxyl groups excluding tert-OH is 1. The summed E-state index contributed by atoms with van der Waals surface area (Å²) in [5.41, 5.74) is 0. The maximum absolute atomic E-state index is 12.9. The molecule has 0 spiro atoms. The quantitative estimate of drug-likeness (QED) is 0.343. The van der Waals surface area contributed by atoms with Gasteiger partial charge in [0.15, 0.2) is 5.96 Å². The minimum atomic E-state index is -0.274. The molecule has 0 amide bonds. The van der Waals surface area contributed by atoms with Crippen molar-refractivity contribution in [3.05, 3.63) is 30.1 Å². The van der Waals surface area contributed by atoms with Crippen LogP contribution in [0.3, 0.4) is 0 Å². The maximum Gasteiger partial charge on any atom is 0.191 e. The number of nitrogens with one attached hydrogen (secondary N) is 2. The molecule has 1 aliphatic rings. The number of halogens is 2. The van der Waals surface area contributed by atoms with Gasteiger partial charge in [-0.05, 0) is 63.8 Å². The average molecular weight is 465 g/mol. The van der Waals surface area contributed by atoms with E-state index in [4.69, 9.17) is 4.74 Å². The zero-order valence-electron chi connectivity index (χ0n) is 14.9. The van der Waals surface area contributed by atoms with E-state index in [1.165, 1.54) is 12.1 Å². The topological polar surface area (TPSA) is 65.9 Å². The first-order valence-electron chi connectivity index (χ1n) is 8.72. The Hall–Kier alpha value is -1.09. The summed E-state index contributed by atoms with van der Waals surface area (Å²) in [6.45, 7) is 5.25. The SMILES string of the molecule is CCNC(=NCC(C)Oc1ccc(F)cc1)NC1CCC(O)CC1.I. The molecule has 7 heteroatoms. The largest absolute Gasteiger partial charge is 0.489 e. The highest BCUT2D eigenvalue weighted by Gasteiger charge is 2.20. The summed E-state index contributed by atoms with van der Waals surface area (Å²) in [5, 5.41) is 16.3. The highest BCUT2D eigenvalue weighted by Crippen LogP contribution is 2.18. The van der Waals surface area contributed by atoms with Gasteiger partial charge in [-0.15, -0.1) is 24.0 Å². The minimum Gasteiger partial charge on any atom is -0.489 e. The summed E-state index contributed by atoms with van der Waals surface area (Å²) in [6.07, 6.45) is 3.30. The lowest BCUT2D eigenvalue weighted by atomic mass is 9.93. The molecule has 1 atom stereocenters. The maximum atomic E-state index is 12.9. The van der Waals surface area contributed by atoms with Crippen molar-refractivity contribution in [3.8, 4) is 5.75 Å². The Morgan fingerprint density at radius 3 is 2.52 bits per heavy atom. The summed E-state index contributed by atoms with van der Waals surface area (Å²) in [5.74, 6) is 1.14. The van der Waals surface area contributed by atoms with Crippen molar-refractivity contribution in [2.75, 3.05) is 13.1 Å². The van der Waals surface area contributed by atoms with Crippen molar-refractivity contribution in [3.63, 3.8) is 0 Å². The molecule has 0 aromatic heterocycles. The second-order valence-electron chi connectivity index (χ2n) is 6.25. The third kappa shape index (κ3) is 8.22. The average Bonchev–Trinajstić information content (AvgIpc) is 2.57. The lowest BCUT2D eigenvalue weighted by Crippen LogP contribution is -2.45. The number of aliphatic hydroxyl groups is 1. The molecule has 0 bridgehead atoms. The summed E-state index contributed by atoms with van der Waals surface area (Å²) in [4.78, 5) is 4.57. The number of aliphatic imine (C=N–C) groups is 1. The molecule has 25 heavy (non-hydrogen) atoms. The molecule has 1 saturated carbocycles. The van der Waals surface area contributed by atoms with E-state index in [0.717, 1.165) is 38.2 Å². The molecule has 5 nitrogen and oxygen atoms in total. The van der Waals surface area contributed by atoms with Crippen molar-refractivity contribution in [2.24, 2.45) is 4.99 Å². The van der Waals surface area contributed by atoms with Crippen LogP contribution in [-0.4, -0.2) is 42.4 Å². The summed E-state index contributed by atoms with van der Waals surface area (Å²) >= 11 is 0. The summed E-state index contributed by atoms with van der Waals surface area (Å²) in [6, 6.07) is 6.35. The summed E-state index contributed by atoms with van der Waals surface area (Å²) < 4.78 is 18.6. The highest BCUT2D eigenvalue weighted by atomic mass is 127. The van der Waals surface area contributed by atoms with Crippen molar-refractivity contribution in [1.29, 1.82) is 0 Å². The second kappa shape index (κ2) is 11.5. The Kier molecular flexibility index (Phi) is 10.1. The summed E-state index contributed by atoms with van der Waals surface area (Å²) in [7, 11) is 0. The molecule has 1 fully saturated rings. The van der Waals surface area contributed by atoms with Crippen LogP contribution in [0.25, 0.3) is 0 Å². The van der Waals surface area contributed by atoms with E-state index in [9.17, 15) is 9.50 Å². The van der Waals surface area contributed by atoms with Gasteiger partial charge in [0.05, 0.1) is 12.6 Å². The van der Waals surface area contributed by atoms with Crippen LogP contribution >= 0.6 is 24.0 Å². The number of hydrogen-bond acceptors (Lipinski definition) is 3. The molecule has 0 radical (unpaired) electrons. The van der Waals surface area contributed by atoms with Crippen LogP contribution in [0.2, 0.25) is 0 Å². The zero-order chi connectivity index (χ0) is 17.4. The van der Waals surface area contributed by atoms with Gasteiger partial charge in [-0.1, -0.05) is 0 Å². The number of guanidine groups is 1. The molecule has 142 valence electrons. The normalized spacial score (nSPS) is 21.8. The zero-order valence-corrected chi connectivity index (χ0v) is 17.2. The molecule has 3 N–H and O–H groups in total. The molecule has 1 aromatic carbocycles. The van der Waals surface area contributed by atoms with Gasteiger partial charge < -0.3 is 20.5 Å². The predicted molar refractivity (Wildman–Crippen MR) is 109 cm³/mol. The standard InChI is InChI=1S/C18H28FN3O2.HI/c1-3-20-18(22-15-6-8-16(23)9-7-15)21-12-13(2)24-17-10-4-14(19)5-11-17;/h4-5,10-11,13,15-16,23H,3,6-9,12H2,1-2H3,(H2,20,21,22);1H. The fourth-order valence-electron chi connectivity index (χ4n) is 2.74. The first-order valence-corrected chi connectivity index (χ1v) is 8.72. The Morgan fingerprint density at radius 2 is 1.92 bits per heavy atom. The van der Waals surface area contributed by atoms with Gasteiger partial charge >= 0.3 is 0 Å². The van der Waals surface area contributed by atoms with Gasteiger partial charge in [0.1, 0.15) is 17.7 Å². The fourth-order valence-corrected chi connectivity index (χ4v) is 2.74. The van der Waals surface area contributed by atoms with Gasteiger partial charge in [-0.2, -0.15) is 0 Å². The van der Waals surface area contributed by atoms with Crippen molar-refractivity contribution in [2.45, 2.75) is 57.8 Å². The van der Waals surface area contributed by atoms with Crippen LogP contribution in [0.15, 0.2) is 29.3 Å². The molecule has 0 aliphatic heterocycles. The molecule has 0 heterocycles. The van der Waals surface area contributed by atoms with Gasteiger partial charge in [-0.25, -0.2) is 9.38 Å². The second-order valence-corrected chi connectivity index (χ2v) is 6.25. The lowest BCUT2D eigenvalue weighted by Gasteiger charge is -2.27. The Bertz CT molecular complexity index is 520. The van der Waals surface area contributed by atoms with E-state index in [0.29, 0.717) is 18.3 Å². The Morgan fingerprint density at radius 1 is 1.28 bits per heavy atom. The number of rotatable bonds is 6. The van der Waals surface area contributed by atoms with Crippen LogP contribution in [0.1, 0.15) is 39.5 Å². The number of benzene rings is 1. The van der Waals surface area contributed by atoms with Crippen LogP contribution in [0.5, 0.6) is 5.75 Å². The van der Waals surface area contributed by atoms with E-state index >= 15 is 0 Å². The monoisotopic (exact) mass is 465 g/mol. The van der Waals surface area contributed by atoms with E-state index in [2.05, 4.69) is 15.6 Å². The van der Waals surface area contributed by atoms with E-state index < -0.39 is 0 Å². The predicted octanol–water partition coefficient (Wildman–Crippen LogP) is 3.07. The highest BCUT2D eigenvalue weighted by molar-refractivity contribution is 14.0. The molecule has 1 aliphatic carbocycles. The van der Waals surface area contributed by atoms with E-state index in [-0.39, 0.29) is 42.0 Å². The third-order valence-corrected chi connectivity index (χ3v) is 4.04. The molecule has 2 rings (SSSR count). The Balaban J connectivity index is 0.00000312. The molecular formula is C18H29FIN3O2. The molecule has 1 aromatic rings. The third-order valence-electron chi connectivity index (χ3n) is 4.04. The van der Waals surface area contributed by atoms with Crippen LogP contribution in [0.4, 0.5) is 4.39 Å². The Labute approximate surface area is 166 Å².